The first-order valence-electron chi connectivity index (χ1n) is 12.2. The van der Waals surface area contributed by atoms with E-state index in [1.165, 1.54) is 4.52 Å². The van der Waals surface area contributed by atoms with Gasteiger partial charge in [0.15, 0.2) is 11.9 Å². The van der Waals surface area contributed by atoms with E-state index < -0.39 is 19.1 Å². The highest BCUT2D eigenvalue weighted by Crippen LogP contribution is 2.34. The molecule has 0 unspecified atom stereocenters. The van der Waals surface area contributed by atoms with Gasteiger partial charge in [0.05, 0.1) is 42.3 Å². The van der Waals surface area contributed by atoms with Crippen molar-refractivity contribution in [1.29, 1.82) is 0 Å². The lowest BCUT2D eigenvalue weighted by atomic mass is 9.90. The molecular formula is C27H28N6O4. The minimum atomic E-state index is -0.816. The number of rotatable bonds is 7. The summed E-state index contributed by atoms with van der Waals surface area (Å²) in [5, 5.41) is 23.1. The van der Waals surface area contributed by atoms with E-state index in [9.17, 15) is 19.8 Å². The highest BCUT2D eigenvalue weighted by Gasteiger charge is 2.31. The summed E-state index contributed by atoms with van der Waals surface area (Å²) in [6.07, 6.45) is 5.31. The number of aliphatic hydroxyl groups is 2. The summed E-state index contributed by atoms with van der Waals surface area (Å²) >= 11 is 0. The molecule has 0 saturated carbocycles. The van der Waals surface area contributed by atoms with Crippen molar-refractivity contribution in [3.8, 4) is 22.4 Å². The quantitative estimate of drug-likeness (QED) is 0.327. The lowest BCUT2D eigenvalue weighted by Crippen LogP contribution is -2.43. The van der Waals surface area contributed by atoms with Gasteiger partial charge in [-0.3, -0.25) is 14.6 Å². The Morgan fingerprint density at radius 3 is 2.41 bits per heavy atom. The van der Waals surface area contributed by atoms with E-state index >= 15 is 0 Å². The highest BCUT2D eigenvalue weighted by molar-refractivity contribution is 5.87. The minimum Gasteiger partial charge on any atom is -0.395 e. The molecule has 4 N–H and O–H groups in total. The van der Waals surface area contributed by atoms with E-state index in [2.05, 4.69) is 10.1 Å². The van der Waals surface area contributed by atoms with E-state index in [1.807, 2.05) is 42.5 Å². The predicted molar refractivity (Wildman–Crippen MR) is 138 cm³/mol. The Balaban J connectivity index is 1.45. The highest BCUT2D eigenvalue weighted by atomic mass is 16.3. The molecule has 4 heterocycles. The van der Waals surface area contributed by atoms with Crippen LogP contribution in [0.25, 0.3) is 28.0 Å². The molecule has 1 fully saturated rings. The van der Waals surface area contributed by atoms with Crippen molar-refractivity contribution >= 4 is 23.7 Å². The van der Waals surface area contributed by atoms with Crippen molar-refractivity contribution in [2.45, 2.75) is 18.8 Å². The molecule has 190 valence electrons. The second kappa shape index (κ2) is 10.5. The zero-order valence-corrected chi connectivity index (χ0v) is 20.2. The molecule has 4 aromatic rings. The van der Waals surface area contributed by atoms with Gasteiger partial charge in [-0.1, -0.05) is 36.4 Å². The fourth-order valence-corrected chi connectivity index (χ4v) is 4.86. The first-order valence-corrected chi connectivity index (χ1v) is 12.2. The molecule has 3 aromatic heterocycles. The van der Waals surface area contributed by atoms with Crippen LogP contribution in [0.15, 0.2) is 54.9 Å². The second-order valence-electron chi connectivity index (χ2n) is 9.17. The number of aliphatic hydroxyl groups excluding tert-OH is 2. The average Bonchev–Trinajstić information content (AvgIpc) is 3.38. The maximum Gasteiger partial charge on any atom is 0.230 e. The first kappa shape index (κ1) is 24.5. The van der Waals surface area contributed by atoms with Gasteiger partial charge < -0.3 is 20.8 Å². The van der Waals surface area contributed by atoms with Gasteiger partial charge in [0, 0.05) is 41.9 Å². The van der Waals surface area contributed by atoms with Crippen molar-refractivity contribution in [3.63, 3.8) is 0 Å². The third-order valence-electron chi connectivity index (χ3n) is 7.00. The molecule has 1 aliphatic heterocycles. The van der Waals surface area contributed by atoms with Crippen LogP contribution >= 0.6 is 0 Å². The molecule has 10 nitrogen and oxygen atoms in total. The maximum absolute atomic E-state index is 12.5. The normalized spacial score (nSPS) is 14.4. The number of hydrogen-bond acceptors (Lipinski definition) is 8. The van der Waals surface area contributed by atoms with Crippen molar-refractivity contribution in [2.75, 3.05) is 32.0 Å². The van der Waals surface area contributed by atoms with E-state index in [0.29, 0.717) is 49.1 Å². The Bertz CT molecular complexity index is 1410. The van der Waals surface area contributed by atoms with Crippen LogP contribution in [0.1, 0.15) is 34.8 Å². The van der Waals surface area contributed by atoms with Crippen LogP contribution in [0, 0.1) is 5.92 Å². The average molecular weight is 501 g/mol. The van der Waals surface area contributed by atoms with E-state index in [4.69, 9.17) is 10.7 Å². The number of aldehydes is 1. The lowest BCUT2D eigenvalue weighted by molar-refractivity contribution is -0.139. The number of nitrogens with zero attached hydrogens (tertiary/aromatic N) is 5. The van der Waals surface area contributed by atoms with Crippen molar-refractivity contribution in [2.24, 2.45) is 5.92 Å². The van der Waals surface area contributed by atoms with Crippen LogP contribution in [0.2, 0.25) is 0 Å². The molecule has 1 aliphatic rings. The number of fused-ring (bicyclic) bond motifs is 1. The van der Waals surface area contributed by atoms with Crippen LogP contribution < -0.4 is 5.73 Å². The Hall–Kier alpha value is -4.15. The molecule has 0 spiro atoms. The summed E-state index contributed by atoms with van der Waals surface area (Å²) in [5.74, 6) is -0.955. The SMILES string of the molecule is Nc1c(C=O)c(C2CCN(C(=O)C(CO)CO)CC2)nc2c(-c3ccc(-c4ccccc4)nc3)cnn12. The molecule has 0 radical (unpaired) electrons. The number of carbonyl (C=O) groups excluding carboxylic acids is 2. The van der Waals surface area contributed by atoms with E-state index in [-0.39, 0.29) is 17.6 Å². The number of benzene rings is 1. The summed E-state index contributed by atoms with van der Waals surface area (Å²) < 4.78 is 1.47. The van der Waals surface area contributed by atoms with Crippen molar-refractivity contribution < 1.29 is 19.8 Å². The summed E-state index contributed by atoms with van der Waals surface area (Å²) in [5.41, 5.74) is 11.2. The Kier molecular flexibility index (Phi) is 6.93. The van der Waals surface area contributed by atoms with Gasteiger partial charge in [0.1, 0.15) is 5.82 Å². The molecule has 5 rings (SSSR count). The lowest BCUT2D eigenvalue weighted by Gasteiger charge is -2.34. The minimum absolute atomic E-state index is 0.0837. The van der Waals surface area contributed by atoms with Crippen molar-refractivity contribution in [3.05, 3.63) is 66.1 Å². The number of nitrogens with two attached hydrogens (primary N) is 1. The molecule has 1 aromatic carbocycles. The van der Waals surface area contributed by atoms with Crippen molar-refractivity contribution in [1.82, 2.24) is 24.5 Å². The largest absolute Gasteiger partial charge is 0.395 e. The fraction of sp³-hybridized carbons (Fsp3) is 0.296. The number of anilines is 1. The van der Waals surface area contributed by atoms with Gasteiger partial charge in [0.25, 0.3) is 0 Å². The Morgan fingerprint density at radius 1 is 1.05 bits per heavy atom. The molecule has 1 amide bonds. The van der Waals surface area contributed by atoms with Crippen LogP contribution in [0.4, 0.5) is 5.82 Å². The fourth-order valence-electron chi connectivity index (χ4n) is 4.86. The number of hydrogen-bond donors (Lipinski definition) is 3. The zero-order valence-electron chi connectivity index (χ0n) is 20.2. The summed E-state index contributed by atoms with van der Waals surface area (Å²) in [6, 6.07) is 13.8. The van der Waals surface area contributed by atoms with Gasteiger partial charge in [-0.15, -0.1) is 0 Å². The molecular weight excluding hydrogens is 472 g/mol. The molecule has 0 aliphatic carbocycles. The topological polar surface area (TPSA) is 147 Å². The van der Waals surface area contributed by atoms with Gasteiger partial charge >= 0.3 is 0 Å². The van der Waals surface area contributed by atoms with E-state index in [0.717, 1.165) is 22.4 Å². The van der Waals surface area contributed by atoms with Gasteiger partial charge in [-0.2, -0.15) is 9.61 Å². The number of nitrogen functional groups attached to an aromatic ring is 1. The molecule has 1 saturated heterocycles. The van der Waals surface area contributed by atoms with Crippen LogP contribution in [-0.2, 0) is 4.79 Å². The molecule has 0 atom stereocenters. The third kappa shape index (κ3) is 4.56. The monoisotopic (exact) mass is 500 g/mol. The van der Waals surface area contributed by atoms with Gasteiger partial charge in [-0.25, -0.2) is 4.98 Å². The Morgan fingerprint density at radius 2 is 1.78 bits per heavy atom. The molecule has 37 heavy (non-hydrogen) atoms. The zero-order chi connectivity index (χ0) is 25.9. The predicted octanol–water partition coefficient (Wildman–Crippen LogP) is 2.16. The summed E-state index contributed by atoms with van der Waals surface area (Å²) in [4.78, 5) is 35.7. The maximum atomic E-state index is 12.5. The first-order chi connectivity index (χ1) is 18.0. The third-order valence-corrected chi connectivity index (χ3v) is 7.00. The second-order valence-corrected chi connectivity index (χ2v) is 9.17. The summed E-state index contributed by atoms with van der Waals surface area (Å²) in [7, 11) is 0. The van der Waals surface area contributed by atoms with Crippen LogP contribution in [0.5, 0.6) is 0 Å². The molecule has 0 bridgehead atoms. The van der Waals surface area contributed by atoms with Gasteiger partial charge in [0.2, 0.25) is 5.91 Å². The number of aromatic nitrogens is 4. The Labute approximate surface area is 213 Å². The van der Waals surface area contributed by atoms with Crippen LogP contribution in [0.3, 0.4) is 0 Å². The number of amides is 1. The number of carbonyl (C=O) groups is 2. The summed E-state index contributed by atoms with van der Waals surface area (Å²) in [6.45, 7) is 0.0685. The number of likely N-dealkylation sites (tertiary alicyclic amines) is 1. The van der Waals surface area contributed by atoms with Crippen LogP contribution in [-0.4, -0.2) is 73.2 Å². The smallest absolute Gasteiger partial charge is 0.230 e. The number of pyridine rings is 1. The van der Waals surface area contributed by atoms with E-state index in [1.54, 1.807) is 17.3 Å². The van der Waals surface area contributed by atoms with Gasteiger partial charge in [-0.05, 0) is 18.9 Å². The standard InChI is InChI=1S/C27H28N6O4/c28-25-22(16-36)24(18-8-10-32(11-9-18)27(37)20(14-34)15-35)31-26-21(13-30-33(25)26)19-6-7-23(29-12-19)17-4-2-1-3-5-17/h1-7,12-13,16,18,20,34-35H,8-11,14-15,28H2. The number of piperidine rings is 1. The molecule has 10 heteroatoms.